The highest BCUT2D eigenvalue weighted by Crippen LogP contribution is 2.42. The van der Waals surface area contributed by atoms with Crippen molar-refractivity contribution in [2.75, 3.05) is 26.1 Å². The van der Waals surface area contributed by atoms with E-state index in [0.717, 1.165) is 13.0 Å². The summed E-state index contributed by atoms with van der Waals surface area (Å²) in [5, 5.41) is 0. The number of benzene rings is 1. The molecule has 0 radical (unpaired) electrons. The molecule has 11 heteroatoms. The summed E-state index contributed by atoms with van der Waals surface area (Å²) in [5.74, 6) is -0.552. The Bertz CT molecular complexity index is 821. The lowest BCUT2D eigenvalue weighted by molar-refractivity contribution is -0.142. The van der Waals surface area contributed by atoms with Crippen LogP contribution in [0.15, 0.2) is 18.5 Å². The Labute approximate surface area is 150 Å². The minimum Gasteiger partial charge on any atom is -0.490 e. The van der Waals surface area contributed by atoms with E-state index in [1.165, 1.54) is 7.11 Å². The fraction of sp³-hybridized carbons (Fsp3) is 0.375. The number of rotatable bonds is 5. The Balaban J connectivity index is 2.62. The third-order valence-corrected chi connectivity index (χ3v) is 3.61. The van der Waals surface area contributed by atoms with E-state index in [-0.39, 0.29) is 30.2 Å². The van der Waals surface area contributed by atoms with Gasteiger partial charge >= 0.3 is 12.4 Å². The fourth-order valence-electron chi connectivity index (χ4n) is 2.38. The van der Waals surface area contributed by atoms with Crippen LogP contribution >= 0.6 is 0 Å². The monoisotopic (exact) mass is 395 g/mol. The smallest absolute Gasteiger partial charge is 0.433 e. The predicted octanol–water partition coefficient (Wildman–Crippen LogP) is 4.10. The number of nitrogens with zero attached hydrogens (tertiary/aromatic N) is 2. The number of methoxy groups -OCH3 is 1. The molecule has 1 aromatic carbocycles. The first-order chi connectivity index (χ1) is 12.5. The molecule has 0 aliphatic carbocycles. The van der Waals surface area contributed by atoms with E-state index in [1.807, 2.05) is 0 Å². The van der Waals surface area contributed by atoms with Crippen molar-refractivity contribution < 1.29 is 35.8 Å². The molecule has 0 amide bonds. The van der Waals surface area contributed by atoms with Crippen molar-refractivity contribution in [1.29, 1.82) is 0 Å². The van der Waals surface area contributed by atoms with Crippen LogP contribution in [0.2, 0.25) is 0 Å². The zero-order valence-corrected chi connectivity index (χ0v) is 14.2. The third-order valence-electron chi connectivity index (χ3n) is 3.61. The molecule has 0 unspecified atom stereocenters. The lowest BCUT2D eigenvalue weighted by Gasteiger charge is -2.18. The molecule has 2 aromatic rings. The molecule has 0 spiro atoms. The number of aromatic nitrogens is 2. The maximum atomic E-state index is 13.4. The molecule has 1 aromatic heterocycles. The first-order valence-corrected chi connectivity index (χ1v) is 7.48. The van der Waals surface area contributed by atoms with E-state index in [0.29, 0.717) is 12.4 Å². The van der Waals surface area contributed by atoms with Crippen molar-refractivity contribution in [3.05, 3.63) is 35.3 Å². The number of hydrogen-bond donors (Lipinski definition) is 1. The van der Waals surface area contributed by atoms with Crippen LogP contribution in [0, 0.1) is 6.92 Å². The van der Waals surface area contributed by atoms with Crippen molar-refractivity contribution in [1.82, 2.24) is 9.97 Å². The molecule has 2 N–H and O–H groups in total. The Hall–Kier alpha value is -2.56. The van der Waals surface area contributed by atoms with Crippen molar-refractivity contribution in [2.45, 2.75) is 19.3 Å². The number of anilines is 1. The van der Waals surface area contributed by atoms with Crippen molar-refractivity contribution in [3.63, 3.8) is 0 Å². The summed E-state index contributed by atoms with van der Waals surface area (Å²) in [6, 6.07) is 1.52. The molecular weight excluding hydrogens is 380 g/mol. The number of nitrogens with two attached hydrogens (primary N) is 1. The van der Waals surface area contributed by atoms with Gasteiger partial charge in [0.15, 0.2) is 5.69 Å². The lowest BCUT2D eigenvalue weighted by Crippen LogP contribution is -2.14. The lowest BCUT2D eigenvalue weighted by atomic mass is 10.00. The van der Waals surface area contributed by atoms with Gasteiger partial charge in [-0.25, -0.2) is 9.97 Å². The second-order valence-electron chi connectivity index (χ2n) is 5.47. The standard InChI is InChI=1S/C16H15F6N3O2/c1-8-13(24-7-25-14(8)16(20,21)22)9-5-10(15(17,18)19)12(6-11(9)23)27-4-3-26-2/h5-7H,3-4,23H2,1-2H3. The van der Waals surface area contributed by atoms with Gasteiger partial charge in [-0.1, -0.05) is 0 Å². The van der Waals surface area contributed by atoms with Crippen LogP contribution in [0.3, 0.4) is 0 Å². The maximum absolute atomic E-state index is 13.4. The summed E-state index contributed by atoms with van der Waals surface area (Å²) in [4.78, 5) is 6.86. The van der Waals surface area contributed by atoms with Crippen molar-refractivity contribution in [2.24, 2.45) is 0 Å². The molecule has 0 aliphatic heterocycles. The van der Waals surface area contributed by atoms with Gasteiger partial charge in [0.25, 0.3) is 0 Å². The molecule has 5 nitrogen and oxygen atoms in total. The van der Waals surface area contributed by atoms with Gasteiger partial charge in [0, 0.05) is 30.0 Å². The number of ether oxygens (including phenoxy) is 2. The van der Waals surface area contributed by atoms with Gasteiger partial charge in [-0.05, 0) is 13.0 Å². The summed E-state index contributed by atoms with van der Waals surface area (Å²) in [6.45, 7) is 0.940. The van der Waals surface area contributed by atoms with Gasteiger partial charge in [-0.2, -0.15) is 26.3 Å². The van der Waals surface area contributed by atoms with Crippen molar-refractivity contribution >= 4 is 5.69 Å². The first kappa shape index (κ1) is 20.7. The van der Waals surface area contributed by atoms with E-state index in [9.17, 15) is 26.3 Å². The zero-order chi connectivity index (χ0) is 20.4. The molecular formula is C16H15F6N3O2. The Morgan fingerprint density at radius 1 is 1.00 bits per heavy atom. The molecule has 0 bridgehead atoms. The number of alkyl halides is 6. The Kier molecular flexibility index (Phi) is 5.83. The predicted molar refractivity (Wildman–Crippen MR) is 84.0 cm³/mol. The van der Waals surface area contributed by atoms with E-state index >= 15 is 0 Å². The number of hydrogen-bond acceptors (Lipinski definition) is 5. The van der Waals surface area contributed by atoms with Gasteiger partial charge in [-0.15, -0.1) is 0 Å². The molecule has 27 heavy (non-hydrogen) atoms. The van der Waals surface area contributed by atoms with Gasteiger partial charge in [0.05, 0.1) is 17.9 Å². The minimum atomic E-state index is -4.82. The van der Waals surface area contributed by atoms with E-state index in [1.54, 1.807) is 0 Å². The molecule has 0 saturated heterocycles. The summed E-state index contributed by atoms with van der Waals surface area (Å²) in [6.07, 6.45) is -8.98. The highest BCUT2D eigenvalue weighted by molar-refractivity contribution is 5.78. The molecule has 0 atom stereocenters. The highest BCUT2D eigenvalue weighted by atomic mass is 19.4. The van der Waals surface area contributed by atoms with Gasteiger partial charge in [0.2, 0.25) is 0 Å². The van der Waals surface area contributed by atoms with E-state index in [4.69, 9.17) is 15.2 Å². The van der Waals surface area contributed by atoms with Crippen LogP contribution < -0.4 is 10.5 Å². The Morgan fingerprint density at radius 3 is 2.22 bits per heavy atom. The topological polar surface area (TPSA) is 70.3 Å². The zero-order valence-electron chi connectivity index (χ0n) is 14.2. The fourth-order valence-corrected chi connectivity index (χ4v) is 2.38. The van der Waals surface area contributed by atoms with Crippen LogP contribution in [0.25, 0.3) is 11.3 Å². The van der Waals surface area contributed by atoms with Crippen LogP contribution in [-0.4, -0.2) is 30.3 Å². The number of nitrogen functional groups attached to an aromatic ring is 1. The maximum Gasteiger partial charge on any atom is 0.433 e. The van der Waals surface area contributed by atoms with Gasteiger partial charge in [-0.3, -0.25) is 0 Å². The van der Waals surface area contributed by atoms with Gasteiger partial charge < -0.3 is 15.2 Å². The molecule has 0 aliphatic rings. The van der Waals surface area contributed by atoms with Gasteiger partial charge in [0.1, 0.15) is 18.7 Å². The summed E-state index contributed by atoms with van der Waals surface area (Å²) >= 11 is 0. The molecule has 2 rings (SSSR count). The highest BCUT2D eigenvalue weighted by Gasteiger charge is 2.38. The largest absolute Gasteiger partial charge is 0.490 e. The average Bonchev–Trinajstić information content (AvgIpc) is 2.53. The quantitative estimate of drug-likeness (QED) is 0.469. The summed E-state index contributed by atoms with van der Waals surface area (Å²) in [7, 11) is 1.35. The molecule has 1 heterocycles. The van der Waals surface area contributed by atoms with Crippen molar-refractivity contribution in [3.8, 4) is 17.0 Å². The first-order valence-electron chi connectivity index (χ1n) is 7.48. The minimum absolute atomic E-state index is 0.0406. The molecule has 0 fully saturated rings. The van der Waals surface area contributed by atoms with E-state index in [2.05, 4.69) is 9.97 Å². The van der Waals surface area contributed by atoms with Crippen LogP contribution in [-0.2, 0) is 17.1 Å². The Morgan fingerprint density at radius 2 is 1.67 bits per heavy atom. The van der Waals surface area contributed by atoms with Crippen LogP contribution in [0.4, 0.5) is 32.0 Å². The second-order valence-corrected chi connectivity index (χ2v) is 5.47. The van der Waals surface area contributed by atoms with Crippen LogP contribution in [0.1, 0.15) is 16.8 Å². The second kappa shape index (κ2) is 7.59. The normalized spacial score (nSPS) is 12.3. The number of halogens is 6. The average molecular weight is 395 g/mol. The molecule has 0 saturated carbocycles. The SMILES string of the molecule is COCCOc1cc(N)c(-c2ncnc(C(F)(F)F)c2C)cc1C(F)(F)F. The summed E-state index contributed by atoms with van der Waals surface area (Å²) < 4.78 is 89.0. The van der Waals surface area contributed by atoms with Crippen LogP contribution in [0.5, 0.6) is 5.75 Å². The third kappa shape index (κ3) is 4.59. The summed E-state index contributed by atoms with van der Waals surface area (Å²) in [5.41, 5.74) is 2.05. The molecule has 148 valence electrons. The van der Waals surface area contributed by atoms with E-state index < -0.39 is 34.9 Å².